The van der Waals surface area contributed by atoms with Crippen LogP contribution in [0.5, 0.6) is 0 Å². The van der Waals surface area contributed by atoms with Gasteiger partial charge in [0.15, 0.2) is 0 Å². The molecule has 0 radical (unpaired) electrons. The Balaban J connectivity index is 2.25. The number of hydrogen-bond acceptors (Lipinski definition) is 3. The lowest BCUT2D eigenvalue weighted by Gasteiger charge is -2.09. The van der Waals surface area contributed by atoms with Crippen molar-refractivity contribution in [2.45, 2.75) is 20.8 Å². The minimum Gasteiger partial charge on any atom is -0.369 e. The highest BCUT2D eigenvalue weighted by atomic mass is 35.5. The van der Waals surface area contributed by atoms with Crippen LogP contribution in [0.1, 0.15) is 17.0 Å². The second-order valence-electron chi connectivity index (χ2n) is 4.51. The zero-order valence-corrected chi connectivity index (χ0v) is 12.4. The van der Waals surface area contributed by atoms with E-state index in [1.165, 1.54) is 0 Å². The molecule has 0 fully saturated rings. The van der Waals surface area contributed by atoms with Crippen molar-refractivity contribution in [2.24, 2.45) is 10.7 Å². The van der Waals surface area contributed by atoms with Crippen LogP contribution in [-0.2, 0) is 0 Å². The van der Waals surface area contributed by atoms with Crippen molar-refractivity contribution in [3.05, 3.63) is 46.2 Å². The molecule has 0 amide bonds. The van der Waals surface area contributed by atoms with Crippen molar-refractivity contribution >= 4 is 29.2 Å². The number of aryl methyl sites for hydroxylation is 3. The molecule has 2 aromatic rings. The summed E-state index contributed by atoms with van der Waals surface area (Å²) in [6, 6.07) is 7.53. The average molecular weight is 290 g/mol. The predicted molar refractivity (Wildman–Crippen MR) is 82.6 cm³/mol. The number of rotatable bonds is 2. The molecule has 3 N–H and O–H groups in total. The fourth-order valence-corrected chi connectivity index (χ4v) is 1.95. The van der Waals surface area contributed by atoms with Crippen molar-refractivity contribution < 1.29 is 0 Å². The van der Waals surface area contributed by atoms with Crippen LogP contribution in [0.2, 0.25) is 5.02 Å². The van der Waals surface area contributed by atoms with E-state index >= 15 is 0 Å². The molecular formula is C14H16ClN5. The fraction of sp³-hybridized carbons (Fsp3) is 0.214. The van der Waals surface area contributed by atoms with E-state index in [9.17, 15) is 0 Å². The largest absolute Gasteiger partial charge is 0.369 e. The Bertz CT molecular complexity index is 646. The molecule has 104 valence electrons. The topological polar surface area (TPSA) is 76.2 Å². The minimum absolute atomic E-state index is 0.197. The molecule has 1 aromatic heterocycles. The Morgan fingerprint density at radius 1 is 1.20 bits per heavy atom. The highest BCUT2D eigenvalue weighted by Gasteiger charge is 2.05. The Labute approximate surface area is 122 Å². The lowest BCUT2D eigenvalue weighted by Crippen LogP contribution is -2.22. The molecular weight excluding hydrogens is 274 g/mol. The van der Waals surface area contributed by atoms with Gasteiger partial charge in [0.05, 0.1) is 10.7 Å². The summed E-state index contributed by atoms with van der Waals surface area (Å²) >= 11 is 6.19. The van der Waals surface area contributed by atoms with Crippen molar-refractivity contribution in [2.75, 3.05) is 5.32 Å². The van der Waals surface area contributed by atoms with E-state index in [1.54, 1.807) is 0 Å². The first-order chi connectivity index (χ1) is 9.45. The van der Waals surface area contributed by atoms with Gasteiger partial charge in [0.1, 0.15) is 0 Å². The summed E-state index contributed by atoms with van der Waals surface area (Å²) in [4.78, 5) is 12.6. The first kappa shape index (κ1) is 14.3. The van der Waals surface area contributed by atoms with Crippen LogP contribution in [0.4, 0.5) is 11.6 Å². The first-order valence-corrected chi connectivity index (χ1v) is 6.52. The maximum Gasteiger partial charge on any atom is 0.253 e. The van der Waals surface area contributed by atoms with Crippen LogP contribution >= 0.6 is 11.6 Å². The third-order valence-corrected chi connectivity index (χ3v) is 3.15. The van der Waals surface area contributed by atoms with Gasteiger partial charge in [-0.05, 0) is 38.5 Å². The molecule has 1 heterocycles. The number of aliphatic imine (C=N–C) groups is 1. The first-order valence-electron chi connectivity index (χ1n) is 6.14. The van der Waals surface area contributed by atoms with Crippen LogP contribution in [0.15, 0.2) is 29.3 Å². The highest BCUT2D eigenvalue weighted by molar-refractivity contribution is 6.34. The lowest BCUT2D eigenvalue weighted by molar-refractivity contribution is 1.04. The molecule has 0 atom stereocenters. The predicted octanol–water partition coefficient (Wildman–Crippen LogP) is 3.11. The van der Waals surface area contributed by atoms with Crippen LogP contribution in [0, 0.1) is 20.8 Å². The van der Waals surface area contributed by atoms with Gasteiger partial charge in [0.2, 0.25) is 5.96 Å². The zero-order valence-electron chi connectivity index (χ0n) is 11.6. The molecule has 20 heavy (non-hydrogen) atoms. The van der Waals surface area contributed by atoms with Crippen molar-refractivity contribution in [3.63, 3.8) is 0 Å². The summed E-state index contributed by atoms with van der Waals surface area (Å²) in [5, 5.41) is 3.57. The number of aromatic nitrogens is 2. The van der Waals surface area contributed by atoms with Crippen molar-refractivity contribution in [1.29, 1.82) is 0 Å². The Kier molecular flexibility index (Phi) is 4.20. The van der Waals surface area contributed by atoms with E-state index in [-0.39, 0.29) is 5.96 Å². The quantitative estimate of drug-likeness (QED) is 0.658. The maximum atomic E-state index is 6.19. The lowest BCUT2D eigenvalue weighted by atomic mass is 10.2. The molecule has 0 aliphatic carbocycles. The molecule has 0 unspecified atom stereocenters. The van der Waals surface area contributed by atoms with Gasteiger partial charge in [-0.2, -0.15) is 4.99 Å². The van der Waals surface area contributed by atoms with Gasteiger partial charge in [-0.25, -0.2) is 9.97 Å². The summed E-state index contributed by atoms with van der Waals surface area (Å²) in [6.45, 7) is 5.69. The summed E-state index contributed by atoms with van der Waals surface area (Å²) in [7, 11) is 0. The van der Waals surface area contributed by atoms with Crippen molar-refractivity contribution in [3.8, 4) is 0 Å². The molecule has 2 rings (SSSR count). The number of halogens is 1. The normalized spacial score (nSPS) is 11.5. The number of nitrogens with one attached hydrogen (secondary N) is 1. The minimum atomic E-state index is 0.197. The molecule has 5 nitrogen and oxygen atoms in total. The SMILES string of the molecule is Cc1cc(C)nc(/N=C(\N)Nc2cccc(C)c2Cl)n1. The molecule has 6 heteroatoms. The number of hydrogen-bond donors (Lipinski definition) is 2. The number of guanidine groups is 1. The van der Waals surface area contributed by atoms with E-state index in [1.807, 2.05) is 45.0 Å². The van der Waals surface area contributed by atoms with Gasteiger partial charge in [-0.15, -0.1) is 0 Å². The van der Waals surface area contributed by atoms with Crippen LogP contribution in [0.25, 0.3) is 0 Å². The van der Waals surface area contributed by atoms with E-state index in [2.05, 4.69) is 20.3 Å². The monoisotopic (exact) mass is 289 g/mol. The molecule has 0 bridgehead atoms. The van der Waals surface area contributed by atoms with Gasteiger partial charge in [0.25, 0.3) is 5.95 Å². The second-order valence-corrected chi connectivity index (χ2v) is 4.89. The highest BCUT2D eigenvalue weighted by Crippen LogP contribution is 2.24. The summed E-state index contributed by atoms with van der Waals surface area (Å²) in [6.07, 6.45) is 0. The Morgan fingerprint density at radius 2 is 1.85 bits per heavy atom. The van der Waals surface area contributed by atoms with Gasteiger partial charge in [-0.3, -0.25) is 0 Å². The zero-order chi connectivity index (χ0) is 14.7. The molecule has 0 saturated carbocycles. The number of nitrogens with two attached hydrogens (primary N) is 1. The van der Waals surface area contributed by atoms with Gasteiger partial charge in [-0.1, -0.05) is 23.7 Å². The van der Waals surface area contributed by atoms with Crippen molar-refractivity contribution in [1.82, 2.24) is 9.97 Å². The summed E-state index contributed by atoms with van der Waals surface area (Å²) < 4.78 is 0. The maximum absolute atomic E-state index is 6.19. The third-order valence-electron chi connectivity index (χ3n) is 2.65. The van der Waals surface area contributed by atoms with Crippen LogP contribution in [-0.4, -0.2) is 15.9 Å². The summed E-state index contributed by atoms with van der Waals surface area (Å²) in [5.74, 6) is 0.527. The number of nitrogens with zero attached hydrogens (tertiary/aromatic N) is 3. The average Bonchev–Trinajstić information content (AvgIpc) is 2.33. The molecule has 1 aromatic carbocycles. The van der Waals surface area contributed by atoms with E-state index < -0.39 is 0 Å². The third kappa shape index (κ3) is 3.45. The van der Waals surface area contributed by atoms with Gasteiger partial charge < -0.3 is 11.1 Å². The summed E-state index contributed by atoms with van der Waals surface area (Å²) in [5.41, 5.74) is 9.22. The van der Waals surface area contributed by atoms with Gasteiger partial charge >= 0.3 is 0 Å². The molecule has 0 aliphatic heterocycles. The Morgan fingerprint density at radius 3 is 2.50 bits per heavy atom. The fourth-order valence-electron chi connectivity index (χ4n) is 1.77. The van der Waals surface area contributed by atoms with Crippen LogP contribution in [0.3, 0.4) is 0 Å². The standard InChI is InChI=1S/C14H16ClN5/c1-8-5-4-6-11(12(8)15)19-13(16)20-14-17-9(2)7-10(3)18-14/h4-7H,1-3H3,(H3,16,17,18,19,20). The number of anilines is 1. The number of benzene rings is 1. The molecule has 0 spiro atoms. The van der Waals surface area contributed by atoms with Gasteiger partial charge in [0, 0.05) is 11.4 Å². The Hall–Kier alpha value is -2.14. The molecule has 0 aliphatic rings. The second kappa shape index (κ2) is 5.88. The molecule has 0 saturated heterocycles. The van der Waals surface area contributed by atoms with Crippen LogP contribution < -0.4 is 11.1 Å². The van der Waals surface area contributed by atoms with E-state index in [4.69, 9.17) is 17.3 Å². The van der Waals surface area contributed by atoms with E-state index in [0.29, 0.717) is 16.7 Å². The van der Waals surface area contributed by atoms with E-state index in [0.717, 1.165) is 17.0 Å². The smallest absolute Gasteiger partial charge is 0.253 e.